The van der Waals surface area contributed by atoms with Crippen molar-refractivity contribution in [1.29, 1.82) is 0 Å². The molecule has 0 atom stereocenters. The second kappa shape index (κ2) is 6.28. The van der Waals surface area contributed by atoms with E-state index in [1.807, 2.05) is 26.0 Å². The lowest BCUT2D eigenvalue weighted by atomic mass is 10.1. The average molecular weight is 324 g/mol. The Bertz CT molecular complexity index is 975. The van der Waals surface area contributed by atoms with E-state index < -0.39 is 0 Å². The first kappa shape index (κ1) is 15.9. The van der Waals surface area contributed by atoms with E-state index in [2.05, 4.69) is 5.32 Å². The molecule has 0 aliphatic carbocycles. The number of hydrogen-bond donors (Lipinski definition) is 1. The molecule has 0 saturated carbocycles. The highest BCUT2D eigenvalue weighted by Crippen LogP contribution is 2.17. The van der Waals surface area contributed by atoms with Gasteiger partial charge < -0.3 is 9.88 Å². The van der Waals surface area contributed by atoms with Crippen LogP contribution < -0.4 is 10.7 Å². The molecule has 0 aliphatic heterocycles. The molecule has 5 heteroatoms. The molecule has 2 aromatic carbocycles. The van der Waals surface area contributed by atoms with Gasteiger partial charge in [-0.3, -0.25) is 9.59 Å². The Morgan fingerprint density at radius 1 is 1.12 bits per heavy atom. The summed E-state index contributed by atoms with van der Waals surface area (Å²) in [6, 6.07) is 10.9. The summed E-state index contributed by atoms with van der Waals surface area (Å²) in [4.78, 5) is 24.4. The molecule has 1 aromatic heterocycles. The molecule has 0 spiro atoms. The minimum absolute atomic E-state index is 0.0577. The van der Waals surface area contributed by atoms with Crippen molar-refractivity contribution < 1.29 is 9.18 Å². The number of carbonyl (C=O) groups excluding carboxylic acids is 1. The van der Waals surface area contributed by atoms with Gasteiger partial charge in [0.15, 0.2) is 5.43 Å². The predicted molar refractivity (Wildman–Crippen MR) is 92.7 cm³/mol. The van der Waals surface area contributed by atoms with E-state index in [0.717, 1.165) is 16.6 Å². The minimum atomic E-state index is -0.356. The van der Waals surface area contributed by atoms with Gasteiger partial charge in [0.05, 0.1) is 5.52 Å². The van der Waals surface area contributed by atoms with Crippen LogP contribution >= 0.6 is 0 Å². The van der Waals surface area contributed by atoms with Crippen LogP contribution in [0.1, 0.15) is 11.1 Å². The SMILES string of the molecule is Cc1cc(C)c2c(=O)ccn(CC(=O)Nc3ccc(F)cc3)c2c1. The maximum atomic E-state index is 12.9. The molecule has 0 saturated heterocycles. The summed E-state index contributed by atoms with van der Waals surface area (Å²) in [7, 11) is 0. The van der Waals surface area contributed by atoms with Crippen molar-refractivity contribution in [3.8, 4) is 0 Å². The van der Waals surface area contributed by atoms with Crippen LogP contribution in [0, 0.1) is 19.7 Å². The maximum Gasteiger partial charge on any atom is 0.244 e. The number of aromatic nitrogens is 1. The van der Waals surface area contributed by atoms with Gasteiger partial charge in [0, 0.05) is 23.3 Å². The quantitative estimate of drug-likeness (QED) is 0.803. The fourth-order valence-electron chi connectivity index (χ4n) is 2.84. The summed E-state index contributed by atoms with van der Waals surface area (Å²) in [6.45, 7) is 3.91. The highest BCUT2D eigenvalue weighted by atomic mass is 19.1. The standard InChI is InChI=1S/C19H17FN2O2/c1-12-9-13(2)19-16(10-12)22(8-7-17(19)23)11-18(24)21-15-5-3-14(20)4-6-15/h3-10H,11H2,1-2H3,(H,21,24). The summed E-state index contributed by atoms with van der Waals surface area (Å²) in [6.07, 6.45) is 1.62. The number of nitrogens with zero attached hydrogens (tertiary/aromatic N) is 1. The summed E-state index contributed by atoms with van der Waals surface area (Å²) in [5.41, 5.74) is 3.12. The lowest BCUT2D eigenvalue weighted by Gasteiger charge is -2.13. The Hall–Kier alpha value is -2.95. The molecule has 3 aromatic rings. The average Bonchev–Trinajstić information content (AvgIpc) is 2.52. The number of halogens is 1. The lowest BCUT2D eigenvalue weighted by molar-refractivity contribution is -0.116. The smallest absolute Gasteiger partial charge is 0.244 e. The number of benzene rings is 2. The number of anilines is 1. The van der Waals surface area contributed by atoms with Gasteiger partial charge in [0.25, 0.3) is 0 Å². The predicted octanol–water partition coefficient (Wildman–Crippen LogP) is 3.40. The molecule has 4 nitrogen and oxygen atoms in total. The van der Waals surface area contributed by atoms with Gasteiger partial charge in [0.2, 0.25) is 5.91 Å². The van der Waals surface area contributed by atoms with E-state index in [0.29, 0.717) is 11.1 Å². The highest BCUT2D eigenvalue weighted by molar-refractivity contribution is 5.92. The van der Waals surface area contributed by atoms with Crippen molar-refractivity contribution in [2.24, 2.45) is 0 Å². The first-order chi connectivity index (χ1) is 11.4. The molecule has 24 heavy (non-hydrogen) atoms. The number of amides is 1. The van der Waals surface area contributed by atoms with Crippen molar-refractivity contribution in [3.63, 3.8) is 0 Å². The Balaban J connectivity index is 1.92. The fourth-order valence-corrected chi connectivity index (χ4v) is 2.84. The first-order valence-corrected chi connectivity index (χ1v) is 7.60. The topological polar surface area (TPSA) is 51.1 Å². The minimum Gasteiger partial charge on any atom is -0.338 e. The van der Waals surface area contributed by atoms with Crippen molar-refractivity contribution in [3.05, 3.63) is 75.8 Å². The fraction of sp³-hybridized carbons (Fsp3) is 0.158. The molecule has 0 aliphatic rings. The van der Waals surface area contributed by atoms with Crippen LogP contribution in [0.25, 0.3) is 10.9 Å². The number of fused-ring (bicyclic) bond motifs is 1. The molecular weight excluding hydrogens is 307 g/mol. The van der Waals surface area contributed by atoms with Gasteiger partial charge in [0.1, 0.15) is 12.4 Å². The van der Waals surface area contributed by atoms with Crippen molar-refractivity contribution in [2.45, 2.75) is 20.4 Å². The van der Waals surface area contributed by atoms with Crippen LogP contribution in [0.15, 0.2) is 53.5 Å². The molecule has 1 amide bonds. The van der Waals surface area contributed by atoms with E-state index in [1.54, 1.807) is 10.8 Å². The normalized spacial score (nSPS) is 10.8. The molecule has 0 fully saturated rings. The number of carbonyl (C=O) groups is 1. The number of nitrogens with one attached hydrogen (secondary N) is 1. The molecule has 3 rings (SSSR count). The van der Waals surface area contributed by atoms with E-state index in [-0.39, 0.29) is 23.7 Å². The molecule has 0 bridgehead atoms. The largest absolute Gasteiger partial charge is 0.338 e. The molecule has 0 unspecified atom stereocenters. The maximum absolute atomic E-state index is 12.9. The number of hydrogen-bond acceptors (Lipinski definition) is 2. The third-order valence-corrected chi connectivity index (χ3v) is 3.86. The lowest BCUT2D eigenvalue weighted by Crippen LogP contribution is -2.20. The van der Waals surface area contributed by atoms with E-state index >= 15 is 0 Å². The number of aryl methyl sites for hydroxylation is 2. The van der Waals surface area contributed by atoms with Gasteiger partial charge in [-0.15, -0.1) is 0 Å². The first-order valence-electron chi connectivity index (χ1n) is 7.60. The zero-order chi connectivity index (χ0) is 17.3. The zero-order valence-corrected chi connectivity index (χ0v) is 13.5. The summed E-state index contributed by atoms with van der Waals surface area (Å²) < 4.78 is 14.7. The Morgan fingerprint density at radius 2 is 1.83 bits per heavy atom. The van der Waals surface area contributed by atoms with Crippen LogP contribution in [0.2, 0.25) is 0 Å². The van der Waals surface area contributed by atoms with Crippen molar-refractivity contribution >= 4 is 22.5 Å². The van der Waals surface area contributed by atoms with Gasteiger partial charge in [-0.05, 0) is 55.3 Å². The zero-order valence-electron chi connectivity index (χ0n) is 13.5. The third-order valence-electron chi connectivity index (χ3n) is 3.86. The van der Waals surface area contributed by atoms with Crippen LogP contribution in [-0.4, -0.2) is 10.5 Å². The monoisotopic (exact) mass is 324 g/mol. The van der Waals surface area contributed by atoms with Crippen LogP contribution in [0.5, 0.6) is 0 Å². The molecule has 0 radical (unpaired) electrons. The van der Waals surface area contributed by atoms with Gasteiger partial charge in [-0.2, -0.15) is 0 Å². The molecule has 1 N–H and O–H groups in total. The van der Waals surface area contributed by atoms with Crippen molar-refractivity contribution in [1.82, 2.24) is 4.57 Å². The Morgan fingerprint density at radius 3 is 2.54 bits per heavy atom. The van der Waals surface area contributed by atoms with Gasteiger partial charge >= 0.3 is 0 Å². The van der Waals surface area contributed by atoms with Gasteiger partial charge in [-0.1, -0.05) is 6.07 Å². The third kappa shape index (κ3) is 3.20. The van der Waals surface area contributed by atoms with E-state index in [9.17, 15) is 14.0 Å². The number of rotatable bonds is 3. The summed E-state index contributed by atoms with van der Waals surface area (Å²) >= 11 is 0. The Labute approximate surface area is 138 Å². The molecular formula is C19H17FN2O2. The Kier molecular flexibility index (Phi) is 4.16. The second-order valence-electron chi connectivity index (χ2n) is 5.84. The van der Waals surface area contributed by atoms with Crippen LogP contribution in [0.4, 0.5) is 10.1 Å². The van der Waals surface area contributed by atoms with E-state index in [1.165, 1.54) is 30.3 Å². The van der Waals surface area contributed by atoms with Gasteiger partial charge in [-0.25, -0.2) is 4.39 Å². The van der Waals surface area contributed by atoms with E-state index in [4.69, 9.17) is 0 Å². The summed E-state index contributed by atoms with van der Waals surface area (Å²) in [5.74, 6) is -0.601. The second-order valence-corrected chi connectivity index (χ2v) is 5.84. The van der Waals surface area contributed by atoms with Crippen LogP contribution in [0.3, 0.4) is 0 Å². The van der Waals surface area contributed by atoms with Crippen LogP contribution in [-0.2, 0) is 11.3 Å². The van der Waals surface area contributed by atoms with Crippen molar-refractivity contribution in [2.75, 3.05) is 5.32 Å². The molecule has 1 heterocycles. The molecule has 122 valence electrons. The number of pyridine rings is 1. The highest BCUT2D eigenvalue weighted by Gasteiger charge is 2.10. The summed E-state index contributed by atoms with van der Waals surface area (Å²) in [5, 5.41) is 3.34.